The van der Waals surface area contributed by atoms with E-state index in [1.54, 1.807) is 11.8 Å². The van der Waals surface area contributed by atoms with Crippen LogP contribution in [-0.2, 0) is 11.3 Å². The van der Waals surface area contributed by atoms with Crippen molar-refractivity contribution in [1.82, 2.24) is 25.5 Å². The van der Waals surface area contributed by atoms with E-state index in [0.717, 1.165) is 30.1 Å². The van der Waals surface area contributed by atoms with E-state index in [0.29, 0.717) is 23.5 Å². The maximum absolute atomic E-state index is 12.2. The number of aromatic nitrogens is 4. The van der Waals surface area contributed by atoms with Crippen molar-refractivity contribution in [3.8, 4) is 5.75 Å². The number of tetrazole rings is 1. The van der Waals surface area contributed by atoms with Crippen LogP contribution in [0, 0.1) is 5.92 Å². The van der Waals surface area contributed by atoms with Gasteiger partial charge in [-0.25, -0.2) is 4.68 Å². The largest absolute Gasteiger partial charge is 0.497 e. The van der Waals surface area contributed by atoms with Crippen LogP contribution in [0.1, 0.15) is 38.2 Å². The average molecular weight is 375 g/mol. The van der Waals surface area contributed by atoms with Crippen molar-refractivity contribution in [2.45, 2.75) is 50.4 Å². The van der Waals surface area contributed by atoms with E-state index in [1.807, 2.05) is 24.3 Å². The molecule has 1 amide bonds. The van der Waals surface area contributed by atoms with Crippen molar-refractivity contribution in [2.24, 2.45) is 5.92 Å². The molecule has 1 aromatic heterocycles. The topological polar surface area (TPSA) is 81.9 Å². The first kappa shape index (κ1) is 18.7. The van der Waals surface area contributed by atoms with Crippen molar-refractivity contribution in [3.05, 3.63) is 29.8 Å². The Bertz CT molecular complexity index is 711. The molecule has 0 saturated heterocycles. The SMILES string of the molecule is COc1ccc(Cn2nnnc2SCC(=O)NC2CCC(C)CC2)cc1. The number of thioether (sulfide) groups is 1. The van der Waals surface area contributed by atoms with Crippen LogP contribution in [0.3, 0.4) is 0 Å². The number of methoxy groups -OCH3 is 1. The molecule has 0 bridgehead atoms. The fraction of sp³-hybridized carbons (Fsp3) is 0.556. The van der Waals surface area contributed by atoms with E-state index in [1.165, 1.54) is 24.6 Å². The van der Waals surface area contributed by atoms with Gasteiger partial charge in [-0.3, -0.25) is 4.79 Å². The van der Waals surface area contributed by atoms with E-state index >= 15 is 0 Å². The zero-order valence-electron chi connectivity index (χ0n) is 15.2. The number of ether oxygens (including phenoxy) is 1. The summed E-state index contributed by atoms with van der Waals surface area (Å²) in [5, 5.41) is 15.6. The Hall–Kier alpha value is -2.09. The van der Waals surface area contributed by atoms with Crippen LogP contribution in [0.25, 0.3) is 0 Å². The molecule has 1 aromatic carbocycles. The fourth-order valence-corrected chi connectivity index (χ4v) is 3.79. The van der Waals surface area contributed by atoms with Gasteiger partial charge in [0.15, 0.2) is 0 Å². The summed E-state index contributed by atoms with van der Waals surface area (Å²) in [4.78, 5) is 12.2. The number of nitrogens with zero attached hydrogens (tertiary/aromatic N) is 4. The minimum absolute atomic E-state index is 0.0496. The summed E-state index contributed by atoms with van der Waals surface area (Å²) in [7, 11) is 1.64. The number of carbonyl (C=O) groups excluding carboxylic acids is 1. The van der Waals surface area contributed by atoms with Crippen molar-refractivity contribution in [3.63, 3.8) is 0 Å². The molecule has 140 valence electrons. The Labute approximate surface area is 157 Å². The lowest BCUT2D eigenvalue weighted by Crippen LogP contribution is -2.38. The van der Waals surface area contributed by atoms with Gasteiger partial charge in [-0.15, -0.1) is 5.10 Å². The highest BCUT2D eigenvalue weighted by Gasteiger charge is 2.20. The molecule has 1 aliphatic carbocycles. The van der Waals surface area contributed by atoms with Gasteiger partial charge in [-0.2, -0.15) is 0 Å². The molecule has 0 atom stereocenters. The second kappa shape index (κ2) is 9.02. The van der Waals surface area contributed by atoms with Crippen molar-refractivity contribution < 1.29 is 9.53 Å². The van der Waals surface area contributed by atoms with Crippen molar-refractivity contribution in [2.75, 3.05) is 12.9 Å². The van der Waals surface area contributed by atoms with Crippen LogP contribution < -0.4 is 10.1 Å². The summed E-state index contributed by atoms with van der Waals surface area (Å²) in [6.45, 7) is 2.83. The summed E-state index contributed by atoms with van der Waals surface area (Å²) < 4.78 is 6.88. The van der Waals surface area contributed by atoms with Crippen molar-refractivity contribution in [1.29, 1.82) is 0 Å². The fourth-order valence-electron chi connectivity index (χ4n) is 3.11. The third-order valence-corrected chi connectivity index (χ3v) is 5.66. The van der Waals surface area contributed by atoms with Crippen LogP contribution in [0.2, 0.25) is 0 Å². The molecule has 26 heavy (non-hydrogen) atoms. The monoisotopic (exact) mass is 375 g/mol. The molecule has 0 aliphatic heterocycles. The summed E-state index contributed by atoms with van der Waals surface area (Å²) >= 11 is 1.37. The number of amides is 1. The van der Waals surface area contributed by atoms with Crippen LogP contribution in [-0.4, -0.2) is 45.0 Å². The number of hydrogen-bond donors (Lipinski definition) is 1. The third-order valence-electron chi connectivity index (χ3n) is 4.70. The van der Waals surface area contributed by atoms with E-state index < -0.39 is 0 Å². The quantitative estimate of drug-likeness (QED) is 0.749. The summed E-state index contributed by atoms with van der Waals surface area (Å²) in [6, 6.07) is 8.09. The average Bonchev–Trinajstić information content (AvgIpc) is 3.09. The first-order chi connectivity index (χ1) is 12.6. The van der Waals surface area contributed by atoms with Gasteiger partial charge in [0.05, 0.1) is 19.4 Å². The molecule has 1 N–H and O–H groups in total. The molecule has 3 rings (SSSR count). The summed E-state index contributed by atoms with van der Waals surface area (Å²) in [5.41, 5.74) is 1.07. The zero-order valence-corrected chi connectivity index (χ0v) is 16.0. The third kappa shape index (κ3) is 5.20. The summed E-state index contributed by atoms with van der Waals surface area (Å²) in [5.74, 6) is 1.97. The highest BCUT2D eigenvalue weighted by atomic mass is 32.2. The van der Waals surface area contributed by atoms with Gasteiger partial charge in [-0.05, 0) is 59.7 Å². The second-order valence-corrected chi connectivity index (χ2v) is 7.72. The van der Waals surface area contributed by atoms with E-state index in [4.69, 9.17) is 4.74 Å². The second-order valence-electron chi connectivity index (χ2n) is 6.78. The van der Waals surface area contributed by atoms with Crippen LogP contribution >= 0.6 is 11.8 Å². The Morgan fingerprint density at radius 2 is 2.00 bits per heavy atom. The number of benzene rings is 1. The van der Waals surface area contributed by atoms with Gasteiger partial charge in [0, 0.05) is 6.04 Å². The molecule has 0 radical (unpaired) electrons. The number of rotatable bonds is 7. The number of nitrogens with one attached hydrogen (secondary N) is 1. The first-order valence-corrected chi connectivity index (χ1v) is 9.94. The Balaban J connectivity index is 1.49. The maximum atomic E-state index is 12.2. The number of carbonyl (C=O) groups is 1. The van der Waals surface area contributed by atoms with E-state index in [2.05, 4.69) is 27.8 Å². The highest BCUT2D eigenvalue weighted by molar-refractivity contribution is 7.99. The normalized spacial score (nSPS) is 19.9. The van der Waals surface area contributed by atoms with Gasteiger partial charge in [0.2, 0.25) is 11.1 Å². The molecule has 0 unspecified atom stereocenters. The lowest BCUT2D eigenvalue weighted by Gasteiger charge is -2.26. The molecular formula is C18H25N5O2S. The molecular weight excluding hydrogens is 350 g/mol. The predicted molar refractivity (Wildman–Crippen MR) is 100 cm³/mol. The first-order valence-electron chi connectivity index (χ1n) is 8.95. The van der Waals surface area contributed by atoms with Gasteiger partial charge < -0.3 is 10.1 Å². The minimum atomic E-state index is 0.0496. The molecule has 7 nitrogen and oxygen atoms in total. The Morgan fingerprint density at radius 1 is 1.27 bits per heavy atom. The number of hydrogen-bond acceptors (Lipinski definition) is 6. The van der Waals surface area contributed by atoms with Gasteiger partial charge >= 0.3 is 0 Å². The lowest BCUT2D eigenvalue weighted by atomic mass is 9.87. The van der Waals surface area contributed by atoms with Crippen LogP contribution in [0.5, 0.6) is 5.75 Å². The van der Waals surface area contributed by atoms with Gasteiger partial charge in [-0.1, -0.05) is 30.8 Å². The van der Waals surface area contributed by atoms with Crippen LogP contribution in [0.4, 0.5) is 0 Å². The Morgan fingerprint density at radius 3 is 2.69 bits per heavy atom. The van der Waals surface area contributed by atoms with Crippen LogP contribution in [0.15, 0.2) is 29.4 Å². The lowest BCUT2D eigenvalue weighted by molar-refractivity contribution is -0.119. The Kier molecular flexibility index (Phi) is 6.49. The molecule has 1 saturated carbocycles. The maximum Gasteiger partial charge on any atom is 0.230 e. The molecule has 1 aliphatic rings. The predicted octanol–water partition coefficient (Wildman–Crippen LogP) is 2.52. The smallest absolute Gasteiger partial charge is 0.230 e. The molecule has 1 heterocycles. The standard InChI is InChI=1S/C18H25N5O2S/c1-13-3-7-15(8-4-13)19-17(24)12-26-18-20-21-22-23(18)11-14-5-9-16(25-2)10-6-14/h5-6,9-10,13,15H,3-4,7-8,11-12H2,1-2H3,(H,19,24). The molecule has 2 aromatic rings. The molecule has 1 fully saturated rings. The highest BCUT2D eigenvalue weighted by Crippen LogP contribution is 2.23. The molecule has 8 heteroatoms. The van der Waals surface area contributed by atoms with E-state index in [9.17, 15) is 4.79 Å². The van der Waals surface area contributed by atoms with Crippen molar-refractivity contribution >= 4 is 17.7 Å². The zero-order chi connectivity index (χ0) is 18.4. The molecule has 0 spiro atoms. The minimum Gasteiger partial charge on any atom is -0.497 e. The van der Waals surface area contributed by atoms with E-state index in [-0.39, 0.29) is 5.91 Å². The van der Waals surface area contributed by atoms with Gasteiger partial charge in [0.25, 0.3) is 0 Å². The van der Waals surface area contributed by atoms with Gasteiger partial charge in [0.1, 0.15) is 5.75 Å². The summed E-state index contributed by atoms with van der Waals surface area (Å²) in [6.07, 6.45) is 4.54.